The van der Waals surface area contributed by atoms with Gasteiger partial charge >= 0.3 is 0 Å². The first-order valence-electron chi connectivity index (χ1n) is 10.1. The number of nitrogens with zero attached hydrogens (tertiary/aromatic N) is 4. The van der Waals surface area contributed by atoms with Gasteiger partial charge in [-0.1, -0.05) is 0 Å². The second kappa shape index (κ2) is 8.42. The van der Waals surface area contributed by atoms with Crippen LogP contribution in [0.4, 0.5) is 0 Å². The topological polar surface area (TPSA) is 13.0 Å². The zero-order valence-corrected chi connectivity index (χ0v) is 19.6. The Morgan fingerprint density at radius 2 is 1.38 bits per heavy atom. The molecule has 26 heavy (non-hydrogen) atoms. The molecule has 0 aromatic rings. The lowest BCUT2D eigenvalue weighted by Gasteiger charge is -2.52. The summed E-state index contributed by atoms with van der Waals surface area (Å²) in [6.45, 7) is 18.9. The lowest BCUT2D eigenvalue weighted by Crippen LogP contribution is -2.64. The second-order valence-electron chi connectivity index (χ2n) is 9.68. The van der Waals surface area contributed by atoms with Gasteiger partial charge in [0.1, 0.15) is 0 Å². The third kappa shape index (κ3) is 4.69. The number of alkyl halides is 2. The van der Waals surface area contributed by atoms with Gasteiger partial charge in [0.2, 0.25) is 0 Å². The van der Waals surface area contributed by atoms with E-state index in [1.807, 2.05) is 0 Å². The molecule has 0 saturated carbocycles. The average Bonchev–Trinajstić information content (AvgIpc) is 2.55. The van der Waals surface area contributed by atoms with Gasteiger partial charge in [-0.2, -0.15) is 0 Å². The summed E-state index contributed by atoms with van der Waals surface area (Å²) in [5.74, 6) is 0. The molecule has 0 spiro atoms. The van der Waals surface area contributed by atoms with Crippen molar-refractivity contribution in [3.8, 4) is 0 Å². The minimum absolute atomic E-state index is 0.0129. The van der Waals surface area contributed by atoms with Crippen molar-refractivity contribution in [1.29, 1.82) is 0 Å². The Morgan fingerprint density at radius 1 is 0.846 bits per heavy atom. The van der Waals surface area contributed by atoms with Crippen molar-refractivity contribution in [1.82, 2.24) is 19.6 Å². The number of hydrogen-bond donors (Lipinski definition) is 0. The molecule has 2 rings (SSSR count). The molecule has 2 aliphatic heterocycles. The first-order chi connectivity index (χ1) is 11.9. The number of hydrogen-bond acceptors (Lipinski definition) is 4. The van der Waals surface area contributed by atoms with Gasteiger partial charge in [0.25, 0.3) is 0 Å². The normalized spacial score (nSPS) is 43.2. The molecule has 0 aromatic heterocycles. The zero-order valence-electron chi connectivity index (χ0n) is 18.1. The van der Waals surface area contributed by atoms with Crippen LogP contribution in [0, 0.1) is 0 Å². The van der Waals surface area contributed by atoms with Gasteiger partial charge in [-0.15, -0.1) is 23.2 Å². The van der Waals surface area contributed by atoms with Crippen LogP contribution in [-0.4, -0.2) is 100 Å². The van der Waals surface area contributed by atoms with E-state index >= 15 is 0 Å². The molecule has 2 bridgehead atoms. The average molecular weight is 407 g/mol. The fourth-order valence-corrected chi connectivity index (χ4v) is 5.27. The van der Waals surface area contributed by atoms with Crippen LogP contribution in [0.15, 0.2) is 0 Å². The van der Waals surface area contributed by atoms with Crippen LogP contribution in [0.3, 0.4) is 0 Å². The van der Waals surface area contributed by atoms with E-state index in [4.69, 9.17) is 23.2 Å². The summed E-state index contributed by atoms with van der Waals surface area (Å²) < 4.78 is 0. The molecule has 6 atom stereocenters. The summed E-state index contributed by atoms with van der Waals surface area (Å²) in [7, 11) is 4.37. The van der Waals surface area contributed by atoms with Crippen LogP contribution in [-0.2, 0) is 0 Å². The summed E-state index contributed by atoms with van der Waals surface area (Å²) in [5, 5.41) is 0.0129. The Balaban J connectivity index is 2.44. The summed E-state index contributed by atoms with van der Waals surface area (Å²) in [4.78, 5) is 9.95. The Labute approximate surface area is 171 Å². The summed E-state index contributed by atoms with van der Waals surface area (Å²) in [5.41, 5.74) is -0.0243. The predicted molar refractivity (Wildman–Crippen MR) is 115 cm³/mol. The lowest BCUT2D eigenvalue weighted by molar-refractivity contribution is -0.00457. The zero-order chi connectivity index (χ0) is 19.9. The van der Waals surface area contributed by atoms with E-state index in [0.717, 1.165) is 39.1 Å². The third-order valence-electron chi connectivity index (χ3n) is 7.13. The van der Waals surface area contributed by atoms with Gasteiger partial charge in [-0.05, 0) is 62.1 Å². The van der Waals surface area contributed by atoms with E-state index in [0.29, 0.717) is 6.04 Å². The maximum absolute atomic E-state index is 7.03. The van der Waals surface area contributed by atoms with Gasteiger partial charge < -0.3 is 4.90 Å². The Bertz CT molecular complexity index is 469. The van der Waals surface area contributed by atoms with Crippen molar-refractivity contribution in [3.05, 3.63) is 0 Å². The SMILES string of the molecule is CC1CC(C)(C)N2CCN(CCN1C)C(C)(C)C(Cl)C(C)N(C)C(Cl)C2. The largest absolute Gasteiger partial charge is 0.302 e. The smallest absolute Gasteiger partial charge is 0.0979 e. The molecule has 6 unspecified atom stereocenters. The lowest BCUT2D eigenvalue weighted by atomic mass is 9.89. The molecule has 0 N–H and O–H groups in total. The number of rotatable bonds is 0. The van der Waals surface area contributed by atoms with Crippen molar-refractivity contribution in [3.63, 3.8) is 0 Å². The predicted octanol–water partition coefficient (Wildman–Crippen LogP) is 3.38. The molecular formula is C20H40Cl2N4. The molecular weight excluding hydrogens is 367 g/mol. The van der Waals surface area contributed by atoms with E-state index in [2.05, 4.69) is 75.2 Å². The standard InChI is InChI=1S/C20H40Cl2N4/c1-15-13-19(3,4)26-12-11-25(10-9-23(15)7)20(5,6)18(22)16(2)24(8)17(21)14-26/h15-18H,9-14H2,1-8H3. The van der Waals surface area contributed by atoms with Gasteiger partial charge in [0.05, 0.1) is 10.9 Å². The van der Waals surface area contributed by atoms with E-state index in [9.17, 15) is 0 Å². The van der Waals surface area contributed by atoms with E-state index in [1.165, 1.54) is 0 Å². The fourth-order valence-electron chi connectivity index (χ4n) is 4.61. The maximum Gasteiger partial charge on any atom is 0.0979 e. The van der Waals surface area contributed by atoms with E-state index in [1.54, 1.807) is 0 Å². The molecule has 0 amide bonds. The molecule has 2 saturated heterocycles. The van der Waals surface area contributed by atoms with E-state index < -0.39 is 0 Å². The molecule has 4 nitrogen and oxygen atoms in total. The first kappa shape index (κ1) is 22.7. The Kier molecular flexibility index (Phi) is 7.36. The highest BCUT2D eigenvalue weighted by molar-refractivity contribution is 6.22. The second-order valence-corrected chi connectivity index (χ2v) is 10.6. The first-order valence-corrected chi connectivity index (χ1v) is 11.0. The monoisotopic (exact) mass is 406 g/mol. The number of fused-ring (bicyclic) bond motifs is 3. The van der Waals surface area contributed by atoms with Crippen LogP contribution in [0.2, 0.25) is 0 Å². The molecule has 2 fully saturated rings. The van der Waals surface area contributed by atoms with Crippen LogP contribution in [0.25, 0.3) is 0 Å². The van der Waals surface area contributed by atoms with Gasteiger partial charge in [0.15, 0.2) is 0 Å². The van der Waals surface area contributed by atoms with Crippen molar-refractivity contribution in [2.24, 2.45) is 0 Å². The molecule has 0 radical (unpaired) electrons. The maximum atomic E-state index is 7.03. The minimum atomic E-state index is -0.0950. The van der Waals surface area contributed by atoms with Gasteiger partial charge in [0, 0.05) is 55.9 Å². The highest BCUT2D eigenvalue weighted by Gasteiger charge is 2.43. The van der Waals surface area contributed by atoms with Crippen LogP contribution in [0.1, 0.15) is 48.0 Å². The van der Waals surface area contributed by atoms with Crippen LogP contribution >= 0.6 is 23.2 Å². The van der Waals surface area contributed by atoms with Crippen molar-refractivity contribution in [2.45, 2.75) is 82.0 Å². The molecule has 0 aliphatic carbocycles. The molecule has 2 heterocycles. The molecule has 0 aromatic carbocycles. The highest BCUT2D eigenvalue weighted by Crippen LogP contribution is 2.33. The van der Waals surface area contributed by atoms with Gasteiger partial charge in [-0.3, -0.25) is 14.7 Å². The summed E-state index contributed by atoms with van der Waals surface area (Å²) in [6.07, 6.45) is 1.15. The Morgan fingerprint density at radius 3 is 2.00 bits per heavy atom. The summed E-state index contributed by atoms with van der Waals surface area (Å²) >= 11 is 13.9. The number of halogens is 2. The third-order valence-corrected chi connectivity index (χ3v) is 8.48. The van der Waals surface area contributed by atoms with Crippen molar-refractivity contribution < 1.29 is 0 Å². The van der Waals surface area contributed by atoms with Crippen LogP contribution < -0.4 is 0 Å². The number of likely N-dealkylation sites (N-methyl/N-ethyl adjacent to an activating group) is 2. The highest BCUT2D eigenvalue weighted by atomic mass is 35.5. The van der Waals surface area contributed by atoms with E-state index in [-0.39, 0.29) is 28.0 Å². The van der Waals surface area contributed by atoms with Crippen molar-refractivity contribution in [2.75, 3.05) is 46.8 Å². The quantitative estimate of drug-likeness (QED) is 0.451. The van der Waals surface area contributed by atoms with Crippen molar-refractivity contribution >= 4 is 23.2 Å². The molecule has 6 heteroatoms. The summed E-state index contributed by atoms with van der Waals surface area (Å²) in [6, 6.07) is 0.745. The molecule has 154 valence electrons. The fraction of sp³-hybridized carbons (Fsp3) is 1.00. The van der Waals surface area contributed by atoms with Gasteiger partial charge in [-0.25, -0.2) is 0 Å². The Hall–Kier alpha value is 0.420. The van der Waals surface area contributed by atoms with Crippen LogP contribution in [0.5, 0.6) is 0 Å². The minimum Gasteiger partial charge on any atom is -0.302 e. The molecule has 2 aliphatic rings.